The Kier molecular flexibility index (Phi) is 5.45. The van der Waals surface area contributed by atoms with Gasteiger partial charge in [-0.1, -0.05) is 6.07 Å². The van der Waals surface area contributed by atoms with Gasteiger partial charge >= 0.3 is 0 Å². The molecule has 22 heavy (non-hydrogen) atoms. The SMILES string of the molecule is CN(C)CCOc1cccc(NC=C(C#N)c2nn[nH]n2)c1. The first-order chi connectivity index (χ1) is 10.7. The molecule has 1 aromatic heterocycles. The van der Waals surface area contributed by atoms with E-state index in [1.165, 1.54) is 6.20 Å². The molecule has 0 amide bonds. The van der Waals surface area contributed by atoms with Crippen molar-refractivity contribution >= 4 is 11.3 Å². The number of allylic oxidation sites excluding steroid dienone is 1. The average Bonchev–Trinajstić information content (AvgIpc) is 3.02. The number of aromatic nitrogens is 4. The summed E-state index contributed by atoms with van der Waals surface area (Å²) < 4.78 is 5.66. The highest BCUT2D eigenvalue weighted by Gasteiger charge is 2.05. The van der Waals surface area contributed by atoms with Crippen molar-refractivity contribution < 1.29 is 4.74 Å². The predicted molar refractivity (Wildman–Crippen MR) is 81.9 cm³/mol. The topological polar surface area (TPSA) is 103 Å². The van der Waals surface area contributed by atoms with E-state index >= 15 is 0 Å². The number of rotatable bonds is 7. The molecule has 0 fully saturated rings. The number of nitrogens with zero attached hydrogens (tertiary/aromatic N) is 5. The van der Waals surface area contributed by atoms with Crippen LogP contribution in [0.25, 0.3) is 5.57 Å². The fraction of sp³-hybridized carbons (Fsp3) is 0.286. The van der Waals surface area contributed by atoms with Gasteiger partial charge in [-0.25, -0.2) is 0 Å². The van der Waals surface area contributed by atoms with E-state index in [9.17, 15) is 0 Å². The summed E-state index contributed by atoms with van der Waals surface area (Å²) in [4.78, 5) is 2.05. The van der Waals surface area contributed by atoms with Crippen LogP contribution in [0.4, 0.5) is 5.69 Å². The molecule has 0 unspecified atom stereocenters. The van der Waals surface area contributed by atoms with Crippen molar-refractivity contribution in [1.82, 2.24) is 25.5 Å². The monoisotopic (exact) mass is 299 g/mol. The second-order valence-corrected chi connectivity index (χ2v) is 4.73. The molecule has 0 atom stereocenters. The van der Waals surface area contributed by atoms with E-state index < -0.39 is 0 Å². The fourth-order valence-corrected chi connectivity index (χ4v) is 1.60. The maximum Gasteiger partial charge on any atom is 0.216 e. The van der Waals surface area contributed by atoms with Gasteiger partial charge in [-0.05, 0) is 31.4 Å². The number of aromatic amines is 1. The Morgan fingerprint density at radius 2 is 2.36 bits per heavy atom. The highest BCUT2D eigenvalue weighted by molar-refractivity contribution is 5.74. The van der Waals surface area contributed by atoms with Crippen molar-refractivity contribution in [3.05, 3.63) is 36.3 Å². The second kappa shape index (κ2) is 7.75. The smallest absolute Gasteiger partial charge is 0.216 e. The van der Waals surface area contributed by atoms with Crippen LogP contribution < -0.4 is 10.1 Å². The van der Waals surface area contributed by atoms with Crippen LogP contribution in [0.15, 0.2) is 30.5 Å². The minimum atomic E-state index is 0.244. The molecule has 0 saturated carbocycles. The molecule has 1 aromatic carbocycles. The largest absolute Gasteiger partial charge is 0.492 e. The molecular weight excluding hydrogens is 282 g/mol. The van der Waals surface area contributed by atoms with Gasteiger partial charge in [-0.2, -0.15) is 10.5 Å². The number of ether oxygens (including phenoxy) is 1. The summed E-state index contributed by atoms with van der Waals surface area (Å²) in [6, 6.07) is 9.51. The fourth-order valence-electron chi connectivity index (χ4n) is 1.60. The zero-order valence-corrected chi connectivity index (χ0v) is 12.4. The number of hydrogen-bond donors (Lipinski definition) is 2. The van der Waals surface area contributed by atoms with Gasteiger partial charge in [0.2, 0.25) is 5.82 Å². The Morgan fingerprint density at radius 1 is 1.50 bits per heavy atom. The second-order valence-electron chi connectivity index (χ2n) is 4.73. The lowest BCUT2D eigenvalue weighted by Crippen LogP contribution is -2.19. The summed E-state index contributed by atoms with van der Waals surface area (Å²) in [6.45, 7) is 1.45. The lowest BCUT2D eigenvalue weighted by molar-refractivity contribution is 0.261. The molecule has 114 valence electrons. The Hall–Kier alpha value is -2.92. The molecule has 8 nitrogen and oxygen atoms in total. The number of H-pyrrole nitrogens is 1. The first kappa shape index (κ1) is 15.5. The van der Waals surface area contributed by atoms with Gasteiger partial charge in [0.15, 0.2) is 0 Å². The number of likely N-dealkylation sites (N-methyl/N-ethyl adjacent to an activating group) is 1. The third kappa shape index (κ3) is 4.57. The molecule has 0 radical (unpaired) electrons. The van der Waals surface area contributed by atoms with E-state index in [2.05, 4.69) is 30.8 Å². The van der Waals surface area contributed by atoms with Gasteiger partial charge in [-0.3, -0.25) is 0 Å². The van der Waals surface area contributed by atoms with Crippen LogP contribution in [-0.2, 0) is 0 Å². The Balaban J connectivity index is 1.99. The molecule has 0 aliphatic heterocycles. The summed E-state index contributed by atoms with van der Waals surface area (Å²) in [5.74, 6) is 1.01. The first-order valence-corrected chi connectivity index (χ1v) is 6.67. The standard InChI is InChI=1S/C14H17N7O/c1-21(2)6-7-22-13-5-3-4-12(8-13)16-10-11(9-15)14-17-19-20-18-14/h3-5,8,10,16H,6-7H2,1-2H3,(H,17,18,19,20). The zero-order valence-electron chi connectivity index (χ0n) is 12.4. The molecule has 2 rings (SSSR count). The molecule has 1 heterocycles. The van der Waals surface area contributed by atoms with Gasteiger partial charge in [0.05, 0.1) is 0 Å². The average molecular weight is 299 g/mol. The number of benzene rings is 1. The minimum absolute atomic E-state index is 0.244. The quantitative estimate of drug-likeness (QED) is 0.738. The van der Waals surface area contributed by atoms with Crippen LogP contribution in [0.2, 0.25) is 0 Å². The van der Waals surface area contributed by atoms with Crippen molar-refractivity contribution in [1.29, 1.82) is 5.26 Å². The van der Waals surface area contributed by atoms with Gasteiger partial charge < -0.3 is 15.0 Å². The molecular formula is C14H17N7O. The van der Waals surface area contributed by atoms with E-state index in [0.717, 1.165) is 18.0 Å². The van der Waals surface area contributed by atoms with Crippen LogP contribution in [-0.4, -0.2) is 52.8 Å². The first-order valence-electron chi connectivity index (χ1n) is 6.67. The van der Waals surface area contributed by atoms with E-state index in [0.29, 0.717) is 6.61 Å². The number of hydrogen-bond acceptors (Lipinski definition) is 7. The third-order valence-corrected chi connectivity index (χ3v) is 2.73. The predicted octanol–water partition coefficient (Wildman–Crippen LogP) is 1.12. The van der Waals surface area contributed by atoms with E-state index in [-0.39, 0.29) is 11.4 Å². The molecule has 0 saturated heterocycles. The Bertz CT molecular complexity index is 658. The lowest BCUT2D eigenvalue weighted by atomic mass is 10.2. The van der Waals surface area contributed by atoms with Gasteiger partial charge in [0.25, 0.3) is 0 Å². The minimum Gasteiger partial charge on any atom is -0.492 e. The number of nitrogens with one attached hydrogen (secondary N) is 2. The van der Waals surface area contributed by atoms with Crippen molar-refractivity contribution in [2.24, 2.45) is 0 Å². The van der Waals surface area contributed by atoms with E-state index in [1.54, 1.807) is 0 Å². The van der Waals surface area contributed by atoms with Gasteiger partial charge in [0, 0.05) is 24.5 Å². The highest BCUT2D eigenvalue weighted by atomic mass is 16.5. The van der Waals surface area contributed by atoms with Crippen LogP contribution in [0.3, 0.4) is 0 Å². The lowest BCUT2D eigenvalue weighted by Gasteiger charge is -2.11. The van der Waals surface area contributed by atoms with Crippen molar-refractivity contribution in [3.8, 4) is 11.8 Å². The molecule has 2 aromatic rings. The van der Waals surface area contributed by atoms with Crippen molar-refractivity contribution in [3.63, 3.8) is 0 Å². The molecule has 8 heteroatoms. The summed E-state index contributed by atoms with van der Waals surface area (Å²) in [6.07, 6.45) is 1.53. The summed E-state index contributed by atoms with van der Waals surface area (Å²) >= 11 is 0. The summed E-state index contributed by atoms with van der Waals surface area (Å²) in [5.41, 5.74) is 1.09. The summed E-state index contributed by atoms with van der Waals surface area (Å²) in [7, 11) is 3.99. The number of anilines is 1. The van der Waals surface area contributed by atoms with Crippen LogP contribution in [0.1, 0.15) is 5.82 Å². The van der Waals surface area contributed by atoms with E-state index in [4.69, 9.17) is 10.00 Å². The molecule has 0 spiro atoms. The highest BCUT2D eigenvalue weighted by Crippen LogP contribution is 2.18. The maximum atomic E-state index is 9.09. The van der Waals surface area contributed by atoms with Crippen molar-refractivity contribution in [2.75, 3.05) is 32.6 Å². The van der Waals surface area contributed by atoms with Gasteiger partial charge in [-0.15, -0.1) is 10.2 Å². The van der Waals surface area contributed by atoms with Gasteiger partial charge in [0.1, 0.15) is 24.0 Å². The van der Waals surface area contributed by atoms with E-state index in [1.807, 2.05) is 44.4 Å². The normalized spacial score (nSPS) is 11.3. The number of nitriles is 1. The molecule has 0 aliphatic rings. The van der Waals surface area contributed by atoms with Crippen LogP contribution in [0.5, 0.6) is 5.75 Å². The summed E-state index contributed by atoms with van der Waals surface area (Å²) in [5, 5.41) is 25.4. The molecule has 2 N–H and O–H groups in total. The van der Waals surface area contributed by atoms with Crippen LogP contribution >= 0.6 is 0 Å². The Labute approximate surface area is 128 Å². The Morgan fingerprint density at radius 3 is 3.05 bits per heavy atom. The maximum absolute atomic E-state index is 9.09. The zero-order chi connectivity index (χ0) is 15.8. The molecule has 0 aliphatic carbocycles. The van der Waals surface area contributed by atoms with Crippen LogP contribution in [0, 0.1) is 11.3 Å². The van der Waals surface area contributed by atoms with Crippen molar-refractivity contribution in [2.45, 2.75) is 0 Å². The third-order valence-electron chi connectivity index (χ3n) is 2.73. The molecule has 0 bridgehead atoms. The number of tetrazole rings is 1.